The fourth-order valence-corrected chi connectivity index (χ4v) is 1.88. The van der Waals surface area contributed by atoms with Crippen molar-refractivity contribution in [3.05, 3.63) is 31.1 Å². The van der Waals surface area contributed by atoms with E-state index in [0.717, 1.165) is 13.3 Å². The number of halogens is 3. The third-order valence-corrected chi connectivity index (χ3v) is 2.95. The molecule has 6 nitrogen and oxygen atoms in total. The maximum absolute atomic E-state index is 12.5. The quantitative estimate of drug-likeness (QED) is 0.359. The lowest BCUT2D eigenvalue weighted by molar-refractivity contribution is -0.386. The van der Waals surface area contributed by atoms with Gasteiger partial charge < -0.3 is 4.74 Å². The maximum atomic E-state index is 12.5. The van der Waals surface area contributed by atoms with E-state index in [2.05, 4.69) is 9.72 Å². The molecule has 0 aliphatic carbocycles. The third-order valence-electron chi connectivity index (χ3n) is 1.81. The Labute approximate surface area is 107 Å². The summed E-state index contributed by atoms with van der Waals surface area (Å²) in [7, 11) is 1.02. The normalized spacial score (nSPS) is 10.4. The highest BCUT2D eigenvalue weighted by atomic mass is 127. The Kier molecular flexibility index (Phi) is 4.26. The maximum Gasteiger partial charge on any atom is 0.363 e. The molecule has 0 N–H and O–H groups in total. The van der Waals surface area contributed by atoms with Crippen LogP contribution in [0, 0.1) is 13.7 Å². The molecule has 0 unspecified atom stereocenters. The lowest BCUT2D eigenvalue weighted by Gasteiger charge is -2.06. The number of rotatable bonds is 3. The van der Waals surface area contributed by atoms with Crippen molar-refractivity contribution in [3.63, 3.8) is 0 Å². The average molecular weight is 358 g/mol. The van der Waals surface area contributed by atoms with E-state index in [1.807, 2.05) is 0 Å². The summed E-state index contributed by atoms with van der Waals surface area (Å²) in [6.45, 7) is 0. The Balaban J connectivity index is 3.50. The molecular formula is C8H5F2IN2O4. The van der Waals surface area contributed by atoms with E-state index in [0.29, 0.717) is 0 Å². The zero-order valence-electron chi connectivity index (χ0n) is 8.32. The van der Waals surface area contributed by atoms with Crippen LogP contribution in [-0.4, -0.2) is 23.0 Å². The summed E-state index contributed by atoms with van der Waals surface area (Å²) in [5, 5.41) is 10.7. The zero-order valence-corrected chi connectivity index (χ0v) is 10.5. The predicted molar refractivity (Wildman–Crippen MR) is 59.9 cm³/mol. The SMILES string of the molecule is COC(=O)c1ncc(C(F)F)c(I)c1[N+](=O)[O-]. The van der Waals surface area contributed by atoms with Gasteiger partial charge in [0, 0.05) is 6.20 Å². The highest BCUT2D eigenvalue weighted by Gasteiger charge is 2.30. The van der Waals surface area contributed by atoms with Crippen molar-refractivity contribution in [2.24, 2.45) is 0 Å². The van der Waals surface area contributed by atoms with Crippen LogP contribution < -0.4 is 0 Å². The van der Waals surface area contributed by atoms with Crippen molar-refractivity contribution >= 4 is 34.2 Å². The molecule has 17 heavy (non-hydrogen) atoms. The number of nitrogens with zero attached hydrogens (tertiary/aromatic N) is 2. The largest absolute Gasteiger partial charge is 0.464 e. The van der Waals surface area contributed by atoms with Crippen LogP contribution in [0.4, 0.5) is 14.5 Å². The summed E-state index contributed by atoms with van der Waals surface area (Å²) >= 11 is 1.38. The van der Waals surface area contributed by atoms with Crippen molar-refractivity contribution in [2.75, 3.05) is 7.11 Å². The van der Waals surface area contributed by atoms with E-state index in [1.165, 1.54) is 22.6 Å². The summed E-state index contributed by atoms with van der Waals surface area (Å²) in [6.07, 6.45) is -2.18. The molecule has 0 aliphatic rings. The molecule has 0 saturated heterocycles. The fraction of sp³-hybridized carbons (Fsp3) is 0.250. The minimum Gasteiger partial charge on any atom is -0.464 e. The number of alkyl halides is 2. The smallest absolute Gasteiger partial charge is 0.363 e. The van der Waals surface area contributed by atoms with Gasteiger partial charge in [-0.05, 0) is 22.6 Å². The Morgan fingerprint density at radius 1 is 1.65 bits per heavy atom. The molecule has 1 rings (SSSR count). The minimum atomic E-state index is -2.90. The first kappa shape index (κ1) is 13.7. The monoisotopic (exact) mass is 358 g/mol. The first-order valence-corrected chi connectivity index (χ1v) is 5.17. The zero-order chi connectivity index (χ0) is 13.2. The van der Waals surface area contributed by atoms with Crippen molar-refractivity contribution in [1.82, 2.24) is 4.98 Å². The van der Waals surface area contributed by atoms with Crippen LogP contribution in [0.25, 0.3) is 0 Å². The molecule has 0 aromatic carbocycles. The van der Waals surface area contributed by atoms with Gasteiger partial charge in [-0.1, -0.05) is 0 Å². The molecule has 0 atom stereocenters. The van der Waals surface area contributed by atoms with Gasteiger partial charge in [0.15, 0.2) is 0 Å². The van der Waals surface area contributed by atoms with E-state index >= 15 is 0 Å². The molecule has 92 valence electrons. The molecule has 1 aromatic rings. The summed E-state index contributed by atoms with van der Waals surface area (Å²) in [5.74, 6) is -1.05. The minimum absolute atomic E-state index is 0.321. The standard InChI is InChI=1S/C8H5F2IN2O4/c1-17-8(14)5-6(13(15)16)4(11)3(2-12-5)7(9)10/h2,7H,1H3. The number of esters is 1. The second-order valence-corrected chi connectivity index (χ2v) is 3.85. The second-order valence-electron chi connectivity index (χ2n) is 2.77. The number of hydrogen-bond acceptors (Lipinski definition) is 5. The number of carbonyl (C=O) groups excluding carboxylic acids is 1. The van der Waals surface area contributed by atoms with Gasteiger partial charge in [0.2, 0.25) is 5.69 Å². The molecule has 9 heteroatoms. The summed E-state index contributed by atoms with van der Waals surface area (Å²) in [4.78, 5) is 24.4. The van der Waals surface area contributed by atoms with Gasteiger partial charge in [-0.3, -0.25) is 10.1 Å². The number of ether oxygens (including phenoxy) is 1. The molecule has 0 radical (unpaired) electrons. The third kappa shape index (κ3) is 2.65. The first-order valence-electron chi connectivity index (χ1n) is 4.09. The van der Waals surface area contributed by atoms with Gasteiger partial charge >= 0.3 is 11.7 Å². The van der Waals surface area contributed by atoms with Crippen molar-refractivity contribution in [3.8, 4) is 0 Å². The Bertz CT molecular complexity index is 481. The van der Waals surface area contributed by atoms with E-state index < -0.39 is 34.3 Å². The summed E-state index contributed by atoms with van der Waals surface area (Å²) in [6, 6.07) is 0. The Morgan fingerprint density at radius 3 is 2.65 bits per heavy atom. The van der Waals surface area contributed by atoms with Crippen LogP contribution in [0.1, 0.15) is 22.5 Å². The van der Waals surface area contributed by atoms with Crippen LogP contribution in [-0.2, 0) is 4.74 Å². The van der Waals surface area contributed by atoms with E-state index in [9.17, 15) is 23.7 Å². The molecule has 0 aliphatic heterocycles. The fourth-order valence-electron chi connectivity index (χ4n) is 1.06. The van der Waals surface area contributed by atoms with Crippen molar-refractivity contribution < 1.29 is 23.2 Å². The molecular weight excluding hydrogens is 353 g/mol. The number of nitro groups is 1. The van der Waals surface area contributed by atoms with Gasteiger partial charge in [0.05, 0.1) is 17.6 Å². The lowest BCUT2D eigenvalue weighted by atomic mass is 10.2. The summed E-state index contributed by atoms with van der Waals surface area (Å²) < 4.78 is 29.0. The van der Waals surface area contributed by atoms with E-state index in [1.54, 1.807) is 0 Å². The average Bonchev–Trinajstić information content (AvgIpc) is 2.26. The molecule has 0 fully saturated rings. The Hall–Kier alpha value is -1.39. The van der Waals surface area contributed by atoms with Crippen molar-refractivity contribution in [2.45, 2.75) is 6.43 Å². The molecule has 1 aromatic heterocycles. The van der Waals surface area contributed by atoms with Crippen LogP contribution in [0.2, 0.25) is 0 Å². The van der Waals surface area contributed by atoms with Crippen molar-refractivity contribution in [1.29, 1.82) is 0 Å². The van der Waals surface area contributed by atoms with E-state index in [4.69, 9.17) is 0 Å². The predicted octanol–water partition coefficient (Wildman–Crippen LogP) is 2.32. The number of carbonyl (C=O) groups is 1. The topological polar surface area (TPSA) is 82.3 Å². The second kappa shape index (κ2) is 5.29. The van der Waals surface area contributed by atoms with Gasteiger partial charge in [0.25, 0.3) is 6.43 Å². The van der Waals surface area contributed by atoms with Gasteiger partial charge in [-0.2, -0.15) is 0 Å². The lowest BCUT2D eigenvalue weighted by Crippen LogP contribution is -2.11. The highest BCUT2D eigenvalue weighted by Crippen LogP contribution is 2.32. The highest BCUT2D eigenvalue weighted by molar-refractivity contribution is 14.1. The molecule has 0 bridgehead atoms. The van der Waals surface area contributed by atoms with Gasteiger partial charge in [-0.25, -0.2) is 18.6 Å². The van der Waals surface area contributed by atoms with Crippen LogP contribution >= 0.6 is 22.6 Å². The Morgan fingerprint density at radius 2 is 2.24 bits per heavy atom. The summed E-state index contributed by atoms with van der Waals surface area (Å²) in [5.41, 5.74) is -1.95. The van der Waals surface area contributed by atoms with Crippen LogP contribution in [0.15, 0.2) is 6.20 Å². The van der Waals surface area contributed by atoms with E-state index in [-0.39, 0.29) is 3.57 Å². The number of aromatic nitrogens is 1. The van der Waals surface area contributed by atoms with Gasteiger partial charge in [-0.15, -0.1) is 0 Å². The van der Waals surface area contributed by atoms with Crippen LogP contribution in [0.3, 0.4) is 0 Å². The molecule has 0 saturated carbocycles. The molecule has 0 amide bonds. The molecule has 0 spiro atoms. The number of pyridine rings is 1. The van der Waals surface area contributed by atoms with Gasteiger partial charge in [0.1, 0.15) is 3.57 Å². The number of hydrogen-bond donors (Lipinski definition) is 0. The first-order chi connectivity index (χ1) is 7.90. The number of methoxy groups -OCH3 is 1. The molecule has 1 heterocycles. The van der Waals surface area contributed by atoms with Crippen LogP contribution in [0.5, 0.6) is 0 Å².